The van der Waals surface area contributed by atoms with Gasteiger partial charge < -0.3 is 14.8 Å². The minimum absolute atomic E-state index is 0.0960. The highest BCUT2D eigenvalue weighted by atomic mass is 19.1. The quantitative estimate of drug-likeness (QED) is 0.730. The van der Waals surface area contributed by atoms with Gasteiger partial charge in [0, 0.05) is 36.4 Å². The molecule has 4 rings (SSSR count). The van der Waals surface area contributed by atoms with Gasteiger partial charge in [0.15, 0.2) is 0 Å². The Kier molecular flexibility index (Phi) is 4.90. The number of amides is 1. The van der Waals surface area contributed by atoms with E-state index in [4.69, 9.17) is 0 Å². The van der Waals surface area contributed by atoms with E-state index in [1.54, 1.807) is 12.1 Å². The molecular weight excluding hydrogens is 353 g/mol. The molecule has 5 heteroatoms. The van der Waals surface area contributed by atoms with Crippen molar-refractivity contribution in [3.05, 3.63) is 82.9 Å². The maximum atomic E-state index is 13.0. The fraction of sp³-hybridized carbons (Fsp3) is 0.261. The van der Waals surface area contributed by atoms with Gasteiger partial charge in [-0.05, 0) is 66.9 Å². The van der Waals surface area contributed by atoms with Gasteiger partial charge >= 0.3 is 0 Å². The van der Waals surface area contributed by atoms with Gasteiger partial charge in [-0.3, -0.25) is 4.79 Å². The second kappa shape index (κ2) is 7.50. The minimum Gasteiger partial charge on any atom is -0.364 e. The van der Waals surface area contributed by atoms with Crippen LogP contribution in [0.3, 0.4) is 0 Å². The molecule has 0 atom stereocenters. The van der Waals surface area contributed by atoms with Crippen molar-refractivity contribution in [3.8, 4) is 0 Å². The van der Waals surface area contributed by atoms with Crippen molar-refractivity contribution in [2.24, 2.45) is 0 Å². The molecule has 0 aliphatic carbocycles. The summed E-state index contributed by atoms with van der Waals surface area (Å²) in [7, 11) is 0. The Hall–Kier alpha value is -3.08. The van der Waals surface area contributed by atoms with E-state index in [9.17, 15) is 9.18 Å². The van der Waals surface area contributed by atoms with Crippen LogP contribution in [-0.4, -0.2) is 17.0 Å². The number of aryl methyl sites for hydroxylation is 2. The van der Waals surface area contributed by atoms with E-state index in [0.29, 0.717) is 0 Å². The van der Waals surface area contributed by atoms with E-state index in [-0.39, 0.29) is 18.1 Å². The second-order valence-corrected chi connectivity index (χ2v) is 7.42. The summed E-state index contributed by atoms with van der Waals surface area (Å²) >= 11 is 0. The van der Waals surface area contributed by atoms with Crippen LogP contribution in [0.15, 0.2) is 54.7 Å². The van der Waals surface area contributed by atoms with Crippen LogP contribution >= 0.6 is 0 Å². The maximum Gasteiger partial charge on any atom is 0.228 e. The van der Waals surface area contributed by atoms with Crippen LogP contribution < -0.4 is 10.2 Å². The van der Waals surface area contributed by atoms with E-state index in [0.717, 1.165) is 42.0 Å². The number of rotatable bonds is 4. The molecule has 1 aliphatic rings. The predicted octanol–water partition coefficient (Wildman–Crippen LogP) is 4.45. The standard InChI is InChI=1S/C23H24FN3O/c1-16-12-21(27-11-10-26-9-3-4-20(26)15-27)13-17(2)23(16)25-22(28)14-18-5-7-19(24)8-6-18/h3-9,12-13H,10-11,14-15H2,1-2H3,(H,25,28). The molecule has 4 nitrogen and oxygen atoms in total. The van der Waals surface area contributed by atoms with Gasteiger partial charge in [-0.2, -0.15) is 0 Å². The lowest BCUT2D eigenvalue weighted by Crippen LogP contribution is -2.33. The molecule has 0 saturated heterocycles. The van der Waals surface area contributed by atoms with E-state index >= 15 is 0 Å². The zero-order valence-corrected chi connectivity index (χ0v) is 16.2. The molecule has 1 amide bonds. The molecule has 0 radical (unpaired) electrons. The third-order valence-corrected chi connectivity index (χ3v) is 5.31. The molecule has 2 aromatic carbocycles. The second-order valence-electron chi connectivity index (χ2n) is 7.42. The van der Waals surface area contributed by atoms with Crippen LogP contribution in [0.25, 0.3) is 0 Å². The first kappa shape index (κ1) is 18.3. The molecule has 1 aromatic heterocycles. The zero-order valence-electron chi connectivity index (χ0n) is 16.2. The van der Waals surface area contributed by atoms with Crippen molar-refractivity contribution < 1.29 is 9.18 Å². The summed E-state index contributed by atoms with van der Waals surface area (Å²) in [4.78, 5) is 14.8. The number of carbonyl (C=O) groups excluding carboxylic acids is 1. The number of hydrogen-bond acceptors (Lipinski definition) is 2. The Labute approximate surface area is 164 Å². The number of carbonyl (C=O) groups is 1. The van der Waals surface area contributed by atoms with Crippen molar-refractivity contribution in [1.82, 2.24) is 4.57 Å². The molecule has 0 spiro atoms. The average Bonchev–Trinajstić information content (AvgIpc) is 3.14. The van der Waals surface area contributed by atoms with Crippen molar-refractivity contribution in [3.63, 3.8) is 0 Å². The lowest BCUT2D eigenvalue weighted by molar-refractivity contribution is -0.115. The van der Waals surface area contributed by atoms with Gasteiger partial charge in [0.1, 0.15) is 5.82 Å². The summed E-state index contributed by atoms with van der Waals surface area (Å²) in [5.74, 6) is -0.391. The van der Waals surface area contributed by atoms with Gasteiger partial charge in [0.05, 0.1) is 13.0 Å². The predicted molar refractivity (Wildman–Crippen MR) is 110 cm³/mol. The summed E-state index contributed by atoms with van der Waals surface area (Å²) in [6.07, 6.45) is 2.35. The fourth-order valence-corrected chi connectivity index (χ4v) is 3.83. The molecule has 1 aliphatic heterocycles. The molecule has 0 unspecified atom stereocenters. The number of benzene rings is 2. The summed E-state index contributed by atoms with van der Waals surface area (Å²) in [5.41, 5.74) is 6.24. The SMILES string of the molecule is Cc1cc(N2CCn3cccc3C2)cc(C)c1NC(=O)Cc1ccc(F)cc1. The van der Waals surface area contributed by atoms with Gasteiger partial charge in [-0.25, -0.2) is 4.39 Å². The highest BCUT2D eigenvalue weighted by Crippen LogP contribution is 2.29. The molecule has 28 heavy (non-hydrogen) atoms. The average molecular weight is 377 g/mol. The monoisotopic (exact) mass is 377 g/mol. The van der Waals surface area contributed by atoms with Gasteiger partial charge in [0.25, 0.3) is 0 Å². The summed E-state index contributed by atoms with van der Waals surface area (Å²) in [6.45, 7) is 6.89. The lowest BCUT2D eigenvalue weighted by atomic mass is 10.1. The Morgan fingerprint density at radius 2 is 1.79 bits per heavy atom. The van der Waals surface area contributed by atoms with Crippen LogP contribution in [0.2, 0.25) is 0 Å². The Bertz CT molecular complexity index is 984. The topological polar surface area (TPSA) is 37.3 Å². The number of aromatic nitrogens is 1. The number of nitrogens with zero attached hydrogens (tertiary/aromatic N) is 2. The molecule has 2 heterocycles. The van der Waals surface area contributed by atoms with Crippen molar-refractivity contribution in [1.29, 1.82) is 0 Å². The largest absolute Gasteiger partial charge is 0.364 e. The minimum atomic E-state index is -0.295. The van der Waals surface area contributed by atoms with Crippen LogP contribution in [0.4, 0.5) is 15.8 Å². The zero-order chi connectivity index (χ0) is 19.7. The van der Waals surface area contributed by atoms with E-state index in [1.807, 2.05) is 13.8 Å². The molecule has 0 fully saturated rings. The van der Waals surface area contributed by atoms with Crippen LogP contribution in [0, 0.1) is 19.7 Å². The van der Waals surface area contributed by atoms with Crippen molar-refractivity contribution in [2.45, 2.75) is 33.4 Å². The first-order valence-electron chi connectivity index (χ1n) is 9.54. The fourth-order valence-electron chi connectivity index (χ4n) is 3.83. The smallest absolute Gasteiger partial charge is 0.228 e. The number of fused-ring (bicyclic) bond motifs is 1. The highest BCUT2D eigenvalue weighted by Gasteiger charge is 2.18. The van der Waals surface area contributed by atoms with E-state index < -0.39 is 0 Å². The summed E-state index contributed by atoms with van der Waals surface area (Å²) < 4.78 is 15.3. The first-order chi connectivity index (χ1) is 13.5. The van der Waals surface area contributed by atoms with E-state index in [2.05, 4.69) is 45.2 Å². The number of anilines is 2. The highest BCUT2D eigenvalue weighted by molar-refractivity contribution is 5.94. The third-order valence-electron chi connectivity index (χ3n) is 5.31. The normalized spacial score (nSPS) is 13.3. The molecular formula is C23H24FN3O. The Balaban J connectivity index is 1.48. The summed E-state index contributed by atoms with van der Waals surface area (Å²) in [6, 6.07) is 14.6. The van der Waals surface area contributed by atoms with Crippen LogP contribution in [0.1, 0.15) is 22.4 Å². The summed E-state index contributed by atoms with van der Waals surface area (Å²) in [5, 5.41) is 3.03. The molecule has 1 N–H and O–H groups in total. The molecule has 3 aromatic rings. The molecule has 144 valence electrons. The van der Waals surface area contributed by atoms with Gasteiger partial charge in [-0.15, -0.1) is 0 Å². The molecule has 0 saturated carbocycles. The lowest BCUT2D eigenvalue weighted by Gasteiger charge is -2.31. The van der Waals surface area contributed by atoms with E-state index in [1.165, 1.54) is 23.5 Å². The molecule has 0 bridgehead atoms. The number of nitrogens with one attached hydrogen (secondary N) is 1. The Morgan fingerprint density at radius 1 is 1.07 bits per heavy atom. The maximum absolute atomic E-state index is 13.0. The van der Waals surface area contributed by atoms with Gasteiger partial charge in [-0.1, -0.05) is 12.1 Å². The number of hydrogen-bond donors (Lipinski definition) is 1. The van der Waals surface area contributed by atoms with Crippen LogP contribution in [-0.2, 0) is 24.3 Å². The van der Waals surface area contributed by atoms with Crippen molar-refractivity contribution >= 4 is 17.3 Å². The number of halogens is 1. The third kappa shape index (κ3) is 3.79. The van der Waals surface area contributed by atoms with Crippen LogP contribution in [0.5, 0.6) is 0 Å². The Morgan fingerprint density at radius 3 is 2.50 bits per heavy atom. The van der Waals surface area contributed by atoms with Gasteiger partial charge in [0.2, 0.25) is 5.91 Å². The first-order valence-corrected chi connectivity index (χ1v) is 9.54. The van der Waals surface area contributed by atoms with Crippen molar-refractivity contribution in [2.75, 3.05) is 16.8 Å².